The molecule has 3 aromatic heterocycles. The third-order valence-electron chi connectivity index (χ3n) is 7.15. The zero-order valence-electron chi connectivity index (χ0n) is 21.1. The van der Waals surface area contributed by atoms with Crippen LogP contribution in [0.5, 0.6) is 5.19 Å². The number of benzene rings is 1. The fourth-order valence-corrected chi connectivity index (χ4v) is 5.82. The van der Waals surface area contributed by atoms with E-state index < -0.39 is 5.97 Å². The smallest absolute Gasteiger partial charge is 0.354 e. The maximum absolute atomic E-state index is 14.1. The van der Waals surface area contributed by atoms with E-state index in [1.165, 1.54) is 23.5 Å². The van der Waals surface area contributed by atoms with Crippen molar-refractivity contribution in [3.05, 3.63) is 69.3 Å². The molecule has 12 heteroatoms. The van der Waals surface area contributed by atoms with Gasteiger partial charge in [0.25, 0.3) is 5.19 Å². The second-order valence-electron chi connectivity index (χ2n) is 9.88. The molecular weight excluding hydrogens is 545 g/mol. The molecule has 0 saturated carbocycles. The van der Waals surface area contributed by atoms with Gasteiger partial charge in [-0.05, 0) is 49.1 Å². The van der Waals surface area contributed by atoms with E-state index in [2.05, 4.69) is 14.9 Å². The summed E-state index contributed by atoms with van der Waals surface area (Å²) in [5.41, 5.74) is 2.59. The number of hydrogen-bond donors (Lipinski definition) is 1. The van der Waals surface area contributed by atoms with Crippen LogP contribution < -0.4 is 4.74 Å². The molecule has 0 amide bonds. The van der Waals surface area contributed by atoms with E-state index in [0.717, 1.165) is 50.5 Å². The van der Waals surface area contributed by atoms with Gasteiger partial charge in [0.05, 0.1) is 24.9 Å². The van der Waals surface area contributed by atoms with Gasteiger partial charge >= 0.3 is 5.97 Å². The number of carbonyl (C=O) groups is 1. The zero-order valence-corrected chi connectivity index (χ0v) is 22.6. The summed E-state index contributed by atoms with van der Waals surface area (Å²) in [4.78, 5) is 27.5. The number of ether oxygens (including phenoxy) is 2. The molecule has 2 aliphatic rings. The molecule has 5 heterocycles. The number of aromatic carboxylic acids is 1. The van der Waals surface area contributed by atoms with Crippen molar-refractivity contribution in [1.82, 2.24) is 24.4 Å². The van der Waals surface area contributed by atoms with Gasteiger partial charge < -0.3 is 19.1 Å². The number of pyridine rings is 1. The van der Waals surface area contributed by atoms with Crippen LogP contribution in [-0.4, -0.2) is 67.4 Å². The first kappa shape index (κ1) is 26.1. The van der Waals surface area contributed by atoms with Crippen molar-refractivity contribution in [2.45, 2.75) is 51.0 Å². The molecule has 204 valence electrons. The molecule has 4 aromatic rings. The molecule has 1 unspecified atom stereocenters. The minimum atomic E-state index is -1.06. The minimum Gasteiger partial charge on any atom is -0.477 e. The first-order valence-electron chi connectivity index (χ1n) is 12.9. The number of rotatable bonds is 9. The Kier molecular flexibility index (Phi) is 7.48. The second-order valence-corrected chi connectivity index (χ2v) is 11.1. The van der Waals surface area contributed by atoms with E-state index in [0.29, 0.717) is 46.5 Å². The van der Waals surface area contributed by atoms with Crippen molar-refractivity contribution >= 4 is 40.1 Å². The predicted molar refractivity (Wildman–Crippen MR) is 144 cm³/mol. The number of fused-ring (bicyclic) bond motifs is 1. The third kappa shape index (κ3) is 5.91. The fourth-order valence-electron chi connectivity index (χ4n) is 4.92. The molecule has 0 aliphatic carbocycles. The van der Waals surface area contributed by atoms with Crippen LogP contribution in [0.3, 0.4) is 0 Å². The maximum atomic E-state index is 14.1. The van der Waals surface area contributed by atoms with Gasteiger partial charge in [0.15, 0.2) is 11.3 Å². The number of hydrogen-bond acceptors (Lipinski definition) is 8. The Bertz CT molecular complexity index is 1500. The number of thiazole rings is 1. The third-order valence-corrected chi connectivity index (χ3v) is 8.17. The average Bonchev–Trinajstić information content (AvgIpc) is 3.47. The summed E-state index contributed by atoms with van der Waals surface area (Å²) in [5, 5.41) is 12.3. The normalized spacial score (nSPS) is 18.4. The molecule has 0 spiro atoms. The summed E-state index contributed by atoms with van der Waals surface area (Å²) >= 11 is 7.28. The standard InChI is InChI=1S/C27H27ClFN5O4S/c28-17-2-1-16(21(29)12-17)11-18-15-39-27(30-18)38-19-5-8-33(9-6-19)14-24-31-22-3-4-23(26(35)36)32-25(22)34(24)13-20-7-10-37-20/h1-4,12,15,19-20H,5-11,13-14H2,(H,35,36). The van der Waals surface area contributed by atoms with Crippen LogP contribution in [0.25, 0.3) is 11.2 Å². The minimum absolute atomic E-state index is 0.00587. The van der Waals surface area contributed by atoms with Crippen molar-refractivity contribution in [3.63, 3.8) is 0 Å². The van der Waals surface area contributed by atoms with Crippen LogP contribution in [-0.2, 0) is 24.2 Å². The number of likely N-dealkylation sites (tertiary alicyclic amines) is 1. The van der Waals surface area contributed by atoms with Gasteiger partial charge in [-0.3, -0.25) is 4.90 Å². The molecule has 9 nitrogen and oxygen atoms in total. The number of aromatic nitrogens is 4. The lowest BCUT2D eigenvalue weighted by molar-refractivity contribution is -0.0593. The first-order chi connectivity index (χ1) is 18.9. The van der Waals surface area contributed by atoms with E-state index in [9.17, 15) is 14.3 Å². The largest absolute Gasteiger partial charge is 0.477 e. The Labute approximate surface area is 233 Å². The lowest BCUT2D eigenvalue weighted by Gasteiger charge is -2.32. The Morgan fingerprint density at radius 2 is 2.00 bits per heavy atom. The second kappa shape index (κ2) is 11.2. The van der Waals surface area contributed by atoms with Gasteiger partial charge in [-0.1, -0.05) is 29.0 Å². The Balaban J connectivity index is 1.08. The molecule has 1 atom stereocenters. The highest BCUT2D eigenvalue weighted by Gasteiger charge is 2.26. The van der Waals surface area contributed by atoms with Crippen molar-refractivity contribution < 1.29 is 23.8 Å². The number of piperidine rings is 1. The lowest BCUT2D eigenvalue weighted by atomic mass is 10.1. The molecule has 39 heavy (non-hydrogen) atoms. The van der Waals surface area contributed by atoms with Gasteiger partial charge in [0.1, 0.15) is 23.3 Å². The molecule has 2 fully saturated rings. The molecule has 0 radical (unpaired) electrons. The zero-order chi connectivity index (χ0) is 26.9. The first-order valence-corrected chi connectivity index (χ1v) is 14.2. The molecule has 2 saturated heterocycles. The van der Waals surface area contributed by atoms with Crippen molar-refractivity contribution in [2.24, 2.45) is 0 Å². The highest BCUT2D eigenvalue weighted by atomic mass is 35.5. The van der Waals surface area contributed by atoms with E-state index >= 15 is 0 Å². The van der Waals surface area contributed by atoms with Gasteiger partial charge in [-0.2, -0.15) is 0 Å². The molecule has 1 aromatic carbocycles. The fraction of sp³-hybridized carbons (Fsp3) is 0.407. The highest BCUT2D eigenvalue weighted by Crippen LogP contribution is 2.27. The van der Waals surface area contributed by atoms with Gasteiger partial charge in [-0.25, -0.2) is 24.1 Å². The summed E-state index contributed by atoms with van der Waals surface area (Å²) in [6, 6.07) is 7.88. The number of carboxylic acid groups (broad SMARTS) is 1. The van der Waals surface area contributed by atoms with Crippen LogP contribution >= 0.6 is 22.9 Å². The monoisotopic (exact) mass is 571 g/mol. The summed E-state index contributed by atoms with van der Waals surface area (Å²) in [6.07, 6.45) is 3.18. The molecule has 6 rings (SSSR count). The van der Waals surface area contributed by atoms with E-state index in [4.69, 9.17) is 26.1 Å². The van der Waals surface area contributed by atoms with E-state index in [1.807, 2.05) is 9.95 Å². The number of imidazole rings is 1. The Morgan fingerprint density at radius 1 is 1.18 bits per heavy atom. The summed E-state index contributed by atoms with van der Waals surface area (Å²) in [7, 11) is 0. The van der Waals surface area contributed by atoms with Crippen LogP contribution in [0.4, 0.5) is 4.39 Å². The van der Waals surface area contributed by atoms with Gasteiger partial charge in [0.2, 0.25) is 0 Å². The summed E-state index contributed by atoms with van der Waals surface area (Å²) in [6.45, 7) is 3.64. The predicted octanol–water partition coefficient (Wildman–Crippen LogP) is 4.80. The molecule has 0 bridgehead atoms. The lowest BCUT2D eigenvalue weighted by Crippen LogP contribution is -2.39. The Hall–Kier alpha value is -3.12. The van der Waals surface area contributed by atoms with Crippen LogP contribution in [0, 0.1) is 5.82 Å². The van der Waals surface area contributed by atoms with Gasteiger partial charge in [-0.15, -0.1) is 0 Å². The van der Waals surface area contributed by atoms with Crippen molar-refractivity contribution in [1.29, 1.82) is 0 Å². The van der Waals surface area contributed by atoms with Crippen molar-refractivity contribution in [2.75, 3.05) is 19.7 Å². The van der Waals surface area contributed by atoms with Crippen LogP contribution in [0.1, 0.15) is 46.8 Å². The topological polar surface area (TPSA) is 103 Å². The Morgan fingerprint density at radius 3 is 2.72 bits per heavy atom. The van der Waals surface area contributed by atoms with Gasteiger partial charge in [0, 0.05) is 36.5 Å². The highest BCUT2D eigenvalue weighted by molar-refractivity contribution is 7.11. The average molecular weight is 572 g/mol. The van der Waals surface area contributed by atoms with Crippen LogP contribution in [0.15, 0.2) is 35.7 Å². The maximum Gasteiger partial charge on any atom is 0.354 e. The van der Waals surface area contributed by atoms with Crippen LogP contribution in [0.2, 0.25) is 5.02 Å². The summed E-state index contributed by atoms with van der Waals surface area (Å²) in [5.74, 6) is -0.538. The molecule has 2 aliphatic heterocycles. The SMILES string of the molecule is O=C(O)c1ccc2nc(CN3CCC(Oc4nc(Cc5ccc(Cl)cc5F)cs4)CC3)n(CC3CCO3)c2n1. The quantitative estimate of drug-likeness (QED) is 0.306. The van der Waals surface area contributed by atoms with Crippen molar-refractivity contribution in [3.8, 4) is 5.19 Å². The van der Waals surface area contributed by atoms with E-state index in [1.54, 1.807) is 18.2 Å². The molecule has 1 N–H and O–H groups in total. The number of halogens is 2. The van der Waals surface area contributed by atoms with E-state index in [-0.39, 0.29) is 23.7 Å². The molecular formula is C27H27ClFN5O4S. The number of nitrogens with zero attached hydrogens (tertiary/aromatic N) is 5. The number of carboxylic acids is 1. The summed E-state index contributed by atoms with van der Waals surface area (Å²) < 4.78 is 28.0.